The van der Waals surface area contributed by atoms with Gasteiger partial charge in [0.15, 0.2) is 5.78 Å². The summed E-state index contributed by atoms with van der Waals surface area (Å²) in [6, 6.07) is 25.9. The Balaban J connectivity index is 1.39. The van der Waals surface area contributed by atoms with Crippen molar-refractivity contribution in [3.8, 4) is 5.75 Å². The minimum atomic E-state index is 0.195. The predicted octanol–water partition coefficient (Wildman–Crippen LogP) is 7.77. The first-order chi connectivity index (χ1) is 15.1. The first-order valence-corrected chi connectivity index (χ1v) is 11.9. The molecule has 0 aliphatic heterocycles. The largest absolute Gasteiger partial charge is 0.489 e. The molecule has 0 saturated carbocycles. The second-order valence-electron chi connectivity index (χ2n) is 7.60. The molecule has 2 nitrogen and oxygen atoms in total. The Hall–Kier alpha value is -2.30. The molecular formula is C27H27BrO2S. The molecule has 3 rings (SSSR count). The highest BCUT2D eigenvalue weighted by Gasteiger charge is 2.07. The van der Waals surface area contributed by atoms with Gasteiger partial charge in [-0.25, -0.2) is 0 Å². The Morgan fingerprint density at radius 2 is 1.48 bits per heavy atom. The Labute approximate surface area is 198 Å². The van der Waals surface area contributed by atoms with Crippen molar-refractivity contribution in [3.63, 3.8) is 0 Å². The summed E-state index contributed by atoms with van der Waals surface area (Å²) in [4.78, 5) is 13.2. The van der Waals surface area contributed by atoms with Crippen LogP contribution < -0.4 is 4.74 Å². The van der Waals surface area contributed by atoms with E-state index in [4.69, 9.17) is 17.0 Å². The summed E-state index contributed by atoms with van der Waals surface area (Å²) >= 11 is 9.13. The number of benzene rings is 3. The quantitative estimate of drug-likeness (QED) is 0.190. The standard InChI is InChI=1S/C27H27BrO2S/c28-24-17-22(18-25(19-24)30-20-21-9-3-1-4-10-21)11-7-14-26(31)15-8-16-27(29)23-12-5-2-6-13-23/h1-6,9-10,12-13,17-19H,7-8,11,14-16,20H2. The van der Waals surface area contributed by atoms with E-state index in [1.54, 1.807) is 0 Å². The van der Waals surface area contributed by atoms with Gasteiger partial charge < -0.3 is 4.74 Å². The highest BCUT2D eigenvalue weighted by atomic mass is 79.9. The normalized spacial score (nSPS) is 10.6. The third-order valence-corrected chi connectivity index (χ3v) is 5.92. The molecule has 0 aliphatic carbocycles. The van der Waals surface area contributed by atoms with E-state index in [9.17, 15) is 4.79 Å². The predicted molar refractivity (Wildman–Crippen MR) is 135 cm³/mol. The lowest BCUT2D eigenvalue weighted by Gasteiger charge is -2.10. The van der Waals surface area contributed by atoms with Gasteiger partial charge in [-0.3, -0.25) is 4.79 Å². The molecule has 31 heavy (non-hydrogen) atoms. The number of carbonyl (C=O) groups excluding carboxylic acids is 1. The minimum absolute atomic E-state index is 0.195. The fourth-order valence-electron chi connectivity index (χ4n) is 3.42. The summed E-state index contributed by atoms with van der Waals surface area (Å²) in [5, 5.41) is 0. The van der Waals surface area contributed by atoms with Gasteiger partial charge in [0.05, 0.1) is 0 Å². The molecule has 0 aromatic heterocycles. The molecule has 0 saturated heterocycles. The molecule has 0 bridgehead atoms. The topological polar surface area (TPSA) is 26.3 Å². The van der Waals surface area contributed by atoms with E-state index in [-0.39, 0.29) is 5.78 Å². The monoisotopic (exact) mass is 494 g/mol. The maximum Gasteiger partial charge on any atom is 0.162 e. The van der Waals surface area contributed by atoms with Crippen molar-refractivity contribution in [2.45, 2.75) is 45.1 Å². The molecule has 0 atom stereocenters. The third-order valence-electron chi connectivity index (χ3n) is 5.06. The number of ketones is 1. The van der Waals surface area contributed by atoms with Crippen molar-refractivity contribution in [2.75, 3.05) is 0 Å². The lowest BCUT2D eigenvalue weighted by molar-refractivity contribution is 0.0981. The van der Waals surface area contributed by atoms with Crippen LogP contribution in [0, 0.1) is 0 Å². The van der Waals surface area contributed by atoms with E-state index in [0.717, 1.165) is 58.3 Å². The van der Waals surface area contributed by atoms with Crippen LogP contribution >= 0.6 is 28.1 Å². The van der Waals surface area contributed by atoms with Gasteiger partial charge in [0.2, 0.25) is 0 Å². The van der Waals surface area contributed by atoms with Crippen LogP contribution in [-0.4, -0.2) is 10.6 Å². The third kappa shape index (κ3) is 8.39. The van der Waals surface area contributed by atoms with Gasteiger partial charge >= 0.3 is 0 Å². The average Bonchev–Trinajstić information content (AvgIpc) is 2.78. The molecule has 0 unspecified atom stereocenters. The molecule has 3 aromatic carbocycles. The number of ether oxygens (including phenoxy) is 1. The van der Waals surface area contributed by atoms with Crippen LogP contribution in [0.1, 0.15) is 53.6 Å². The summed E-state index contributed by atoms with van der Waals surface area (Å²) in [5.74, 6) is 1.07. The molecule has 160 valence electrons. The van der Waals surface area contributed by atoms with E-state index in [0.29, 0.717) is 13.0 Å². The average molecular weight is 495 g/mol. The smallest absolute Gasteiger partial charge is 0.162 e. The molecular weight excluding hydrogens is 468 g/mol. The van der Waals surface area contributed by atoms with Crippen LogP contribution in [0.4, 0.5) is 0 Å². The molecule has 0 heterocycles. The second kappa shape index (κ2) is 12.5. The van der Waals surface area contributed by atoms with E-state index in [1.807, 2.05) is 54.6 Å². The number of aryl methyl sites for hydroxylation is 1. The van der Waals surface area contributed by atoms with Crippen LogP contribution in [0.5, 0.6) is 5.75 Å². The van der Waals surface area contributed by atoms with Gasteiger partial charge in [0.25, 0.3) is 0 Å². The fourth-order valence-corrected chi connectivity index (χ4v) is 4.23. The maximum absolute atomic E-state index is 12.2. The van der Waals surface area contributed by atoms with Crippen molar-refractivity contribution < 1.29 is 9.53 Å². The number of carbonyl (C=O) groups is 1. The lowest BCUT2D eigenvalue weighted by atomic mass is 10.0. The Kier molecular flexibility index (Phi) is 9.44. The number of thiocarbonyl (C=S) groups is 1. The maximum atomic E-state index is 12.2. The van der Waals surface area contributed by atoms with Crippen molar-refractivity contribution in [1.29, 1.82) is 0 Å². The van der Waals surface area contributed by atoms with Gasteiger partial charge in [0.1, 0.15) is 12.4 Å². The van der Waals surface area contributed by atoms with E-state index in [2.05, 4.69) is 40.2 Å². The van der Waals surface area contributed by atoms with Gasteiger partial charge in [-0.2, -0.15) is 0 Å². The Morgan fingerprint density at radius 3 is 2.23 bits per heavy atom. The Morgan fingerprint density at radius 1 is 0.806 bits per heavy atom. The van der Waals surface area contributed by atoms with Crippen LogP contribution in [0.25, 0.3) is 0 Å². The van der Waals surface area contributed by atoms with Gasteiger partial charge in [-0.15, -0.1) is 0 Å². The first-order valence-electron chi connectivity index (χ1n) is 10.7. The van der Waals surface area contributed by atoms with E-state index in [1.165, 1.54) is 5.56 Å². The summed E-state index contributed by atoms with van der Waals surface area (Å²) in [5.41, 5.74) is 3.17. The zero-order valence-corrected chi connectivity index (χ0v) is 20.0. The number of hydrogen-bond acceptors (Lipinski definition) is 3. The number of rotatable bonds is 12. The van der Waals surface area contributed by atoms with Crippen LogP contribution in [0.3, 0.4) is 0 Å². The molecule has 0 radical (unpaired) electrons. The van der Waals surface area contributed by atoms with Crippen molar-refractivity contribution in [2.24, 2.45) is 0 Å². The summed E-state index contributed by atoms with van der Waals surface area (Å²) in [7, 11) is 0. The van der Waals surface area contributed by atoms with Gasteiger partial charge in [0, 0.05) is 16.5 Å². The first kappa shape index (κ1) is 23.4. The van der Waals surface area contributed by atoms with Crippen LogP contribution in [0.15, 0.2) is 83.3 Å². The highest BCUT2D eigenvalue weighted by molar-refractivity contribution is 9.10. The number of Topliss-reactive ketones (excluding diaryl/α,β-unsaturated/α-hetero) is 1. The van der Waals surface area contributed by atoms with E-state index >= 15 is 0 Å². The molecule has 0 amide bonds. The molecule has 4 heteroatoms. The molecule has 0 N–H and O–H groups in total. The molecule has 0 spiro atoms. The molecule has 0 fully saturated rings. The fraction of sp³-hybridized carbons (Fsp3) is 0.259. The Bertz CT molecular complexity index is 987. The van der Waals surface area contributed by atoms with Crippen LogP contribution in [0.2, 0.25) is 0 Å². The highest BCUT2D eigenvalue weighted by Crippen LogP contribution is 2.24. The zero-order chi connectivity index (χ0) is 21.9. The van der Waals surface area contributed by atoms with Crippen molar-refractivity contribution >= 4 is 38.8 Å². The van der Waals surface area contributed by atoms with Gasteiger partial charge in [-0.05, 0) is 66.3 Å². The van der Waals surface area contributed by atoms with Crippen molar-refractivity contribution in [1.82, 2.24) is 0 Å². The molecule has 3 aromatic rings. The zero-order valence-electron chi connectivity index (χ0n) is 17.6. The van der Waals surface area contributed by atoms with Gasteiger partial charge in [-0.1, -0.05) is 88.8 Å². The van der Waals surface area contributed by atoms with Crippen molar-refractivity contribution in [3.05, 3.63) is 100 Å². The van der Waals surface area contributed by atoms with Crippen LogP contribution in [-0.2, 0) is 13.0 Å². The van der Waals surface area contributed by atoms with E-state index < -0.39 is 0 Å². The number of halogens is 1. The number of hydrogen-bond donors (Lipinski definition) is 0. The SMILES string of the molecule is O=C(CCCC(=S)CCCc1cc(Br)cc(OCc2ccccc2)c1)c1ccccc1. The summed E-state index contributed by atoms with van der Waals surface area (Å²) in [6.07, 6.45) is 5.06. The second-order valence-corrected chi connectivity index (χ2v) is 9.10. The molecule has 0 aliphatic rings. The lowest BCUT2D eigenvalue weighted by Crippen LogP contribution is -2.02. The summed E-state index contributed by atoms with van der Waals surface area (Å²) in [6.45, 7) is 0.558. The minimum Gasteiger partial charge on any atom is -0.489 e. The summed E-state index contributed by atoms with van der Waals surface area (Å²) < 4.78 is 6.99.